The van der Waals surface area contributed by atoms with Gasteiger partial charge in [0.05, 0.1) is 23.3 Å². The number of amides is 2. The van der Waals surface area contributed by atoms with Gasteiger partial charge >= 0.3 is 0 Å². The van der Waals surface area contributed by atoms with Crippen LogP contribution in [0.1, 0.15) is 34.0 Å². The highest BCUT2D eigenvalue weighted by molar-refractivity contribution is 7.09. The first-order chi connectivity index (χ1) is 12.6. The first-order valence-electron chi connectivity index (χ1n) is 8.86. The molecule has 26 heavy (non-hydrogen) atoms. The van der Waals surface area contributed by atoms with Crippen molar-refractivity contribution in [3.63, 3.8) is 0 Å². The molecule has 2 aromatic heterocycles. The average molecular weight is 371 g/mol. The van der Waals surface area contributed by atoms with Gasteiger partial charge < -0.3 is 9.80 Å². The van der Waals surface area contributed by atoms with E-state index in [1.54, 1.807) is 17.5 Å². The summed E-state index contributed by atoms with van der Waals surface area (Å²) in [6, 6.07) is 0.0709. The molecule has 0 N–H and O–H groups in total. The molecule has 5 rings (SSSR count). The summed E-state index contributed by atoms with van der Waals surface area (Å²) in [5.74, 6) is 0.328. The first-order valence-corrected chi connectivity index (χ1v) is 9.74. The average Bonchev–Trinajstić information content (AvgIpc) is 2.86. The van der Waals surface area contributed by atoms with Gasteiger partial charge in [-0.2, -0.15) is 0 Å². The maximum Gasteiger partial charge on any atom is 0.274 e. The van der Waals surface area contributed by atoms with Gasteiger partial charge in [0.2, 0.25) is 5.91 Å². The van der Waals surface area contributed by atoms with Crippen molar-refractivity contribution in [3.05, 3.63) is 40.4 Å². The molecule has 136 valence electrons. The number of hydrogen-bond acceptors (Lipinski definition) is 6. The molecule has 2 aromatic rings. The van der Waals surface area contributed by atoms with Crippen LogP contribution in [-0.2, 0) is 11.2 Å². The number of rotatable bonds is 3. The number of fused-ring (bicyclic) bond motifs is 4. The number of piperidine rings is 1. The zero-order chi connectivity index (χ0) is 18.1. The normalized spacial score (nSPS) is 22.3. The predicted octanol–water partition coefficient (Wildman–Crippen LogP) is 1.55. The quantitative estimate of drug-likeness (QED) is 0.818. The third kappa shape index (κ3) is 3.46. The Bertz CT molecular complexity index is 809. The minimum absolute atomic E-state index is 0.0709. The van der Waals surface area contributed by atoms with E-state index in [4.69, 9.17) is 0 Å². The van der Waals surface area contributed by atoms with Crippen LogP contribution >= 0.6 is 11.3 Å². The van der Waals surface area contributed by atoms with E-state index in [9.17, 15) is 9.59 Å². The van der Waals surface area contributed by atoms with Gasteiger partial charge in [-0.1, -0.05) is 0 Å². The van der Waals surface area contributed by atoms with E-state index in [-0.39, 0.29) is 17.9 Å². The van der Waals surface area contributed by atoms with Crippen LogP contribution in [0.3, 0.4) is 0 Å². The number of carbonyl (C=O) groups excluding carboxylic acids is 2. The lowest BCUT2D eigenvalue weighted by atomic mass is 9.94. The van der Waals surface area contributed by atoms with Crippen molar-refractivity contribution >= 4 is 23.2 Å². The van der Waals surface area contributed by atoms with E-state index >= 15 is 0 Å². The van der Waals surface area contributed by atoms with Crippen molar-refractivity contribution in [1.29, 1.82) is 0 Å². The molecular weight excluding hydrogens is 350 g/mol. The largest absolute Gasteiger partial charge is 0.337 e. The van der Waals surface area contributed by atoms with E-state index in [0.29, 0.717) is 31.1 Å². The van der Waals surface area contributed by atoms with E-state index in [0.717, 1.165) is 30.1 Å². The highest BCUT2D eigenvalue weighted by Crippen LogP contribution is 2.29. The Morgan fingerprint density at radius 3 is 2.85 bits per heavy atom. The number of nitrogens with zero attached hydrogens (tertiary/aromatic N) is 5. The monoisotopic (exact) mass is 371 g/mol. The van der Waals surface area contributed by atoms with Crippen molar-refractivity contribution in [3.8, 4) is 0 Å². The third-order valence-electron chi connectivity index (χ3n) is 5.10. The number of thiazole rings is 1. The lowest BCUT2D eigenvalue weighted by molar-refractivity contribution is -0.134. The van der Waals surface area contributed by atoms with Crippen molar-refractivity contribution in [2.75, 3.05) is 19.6 Å². The van der Waals surface area contributed by atoms with E-state index in [1.165, 1.54) is 12.4 Å². The van der Waals surface area contributed by atoms with Crippen LogP contribution in [0, 0.1) is 12.8 Å². The molecular formula is C18H21N5O2S. The highest BCUT2D eigenvalue weighted by Gasteiger charge is 2.39. The molecule has 3 saturated heterocycles. The summed E-state index contributed by atoms with van der Waals surface area (Å²) in [5.41, 5.74) is 1.20. The maximum absolute atomic E-state index is 12.8. The molecule has 5 heterocycles. The lowest BCUT2D eigenvalue weighted by Gasteiger charge is -2.36. The smallest absolute Gasteiger partial charge is 0.274 e. The summed E-state index contributed by atoms with van der Waals surface area (Å²) in [6.45, 7) is 3.90. The van der Waals surface area contributed by atoms with Gasteiger partial charge in [0, 0.05) is 43.4 Å². The molecule has 3 aliphatic rings. The fraction of sp³-hybridized carbons (Fsp3) is 0.500. The second kappa shape index (κ2) is 7.11. The molecule has 2 bridgehead atoms. The van der Waals surface area contributed by atoms with Gasteiger partial charge in [-0.3, -0.25) is 14.6 Å². The third-order valence-corrected chi connectivity index (χ3v) is 5.92. The van der Waals surface area contributed by atoms with Crippen LogP contribution in [0.25, 0.3) is 0 Å². The number of aryl methyl sites for hydroxylation is 1. The molecule has 0 aliphatic carbocycles. The topological polar surface area (TPSA) is 79.3 Å². The van der Waals surface area contributed by atoms with Gasteiger partial charge in [0.25, 0.3) is 5.91 Å². The van der Waals surface area contributed by atoms with Crippen LogP contribution in [0.2, 0.25) is 0 Å². The van der Waals surface area contributed by atoms with Crippen LogP contribution in [-0.4, -0.2) is 62.2 Å². The molecule has 0 saturated carbocycles. The van der Waals surface area contributed by atoms with E-state index < -0.39 is 0 Å². The van der Waals surface area contributed by atoms with Crippen LogP contribution in [0.15, 0.2) is 24.0 Å². The predicted molar refractivity (Wildman–Crippen MR) is 96.7 cm³/mol. The summed E-state index contributed by atoms with van der Waals surface area (Å²) in [7, 11) is 0. The van der Waals surface area contributed by atoms with Crippen molar-refractivity contribution in [2.45, 2.75) is 32.2 Å². The van der Waals surface area contributed by atoms with Crippen LogP contribution in [0.4, 0.5) is 0 Å². The van der Waals surface area contributed by atoms with Gasteiger partial charge in [-0.05, 0) is 25.7 Å². The van der Waals surface area contributed by atoms with E-state index in [2.05, 4.69) is 15.0 Å². The van der Waals surface area contributed by atoms with Crippen LogP contribution < -0.4 is 0 Å². The molecule has 0 unspecified atom stereocenters. The molecule has 0 spiro atoms. The number of carbonyl (C=O) groups is 2. The fourth-order valence-electron chi connectivity index (χ4n) is 3.87. The molecule has 0 aromatic carbocycles. The Hall–Kier alpha value is -2.35. The van der Waals surface area contributed by atoms with Gasteiger partial charge in [0.1, 0.15) is 5.69 Å². The number of hydrogen-bond donors (Lipinski definition) is 0. The standard InChI is InChI=1S/C18H21N5O2S/c1-12-21-14(11-26-12)6-17(24)23-9-13-2-3-15(23)10-22(8-13)18(25)16-7-19-4-5-20-16/h4-5,7,11,13,15H,2-3,6,8-10H2,1H3/t13-,15+/m0/s1. The molecule has 0 radical (unpaired) electrons. The minimum Gasteiger partial charge on any atom is -0.337 e. The Kier molecular flexibility index (Phi) is 4.67. The van der Waals surface area contributed by atoms with Gasteiger partial charge in [-0.15, -0.1) is 11.3 Å². The summed E-state index contributed by atoms with van der Waals surface area (Å²) >= 11 is 1.57. The Morgan fingerprint density at radius 2 is 2.12 bits per heavy atom. The maximum atomic E-state index is 12.8. The second-order valence-electron chi connectivity index (χ2n) is 6.98. The zero-order valence-corrected chi connectivity index (χ0v) is 15.5. The first kappa shape index (κ1) is 17.1. The Balaban J connectivity index is 1.48. The molecule has 3 aliphatic heterocycles. The number of aromatic nitrogens is 3. The van der Waals surface area contributed by atoms with Crippen LogP contribution in [0.5, 0.6) is 0 Å². The summed E-state index contributed by atoms with van der Waals surface area (Å²) < 4.78 is 0. The zero-order valence-electron chi connectivity index (χ0n) is 14.7. The highest BCUT2D eigenvalue weighted by atomic mass is 32.1. The van der Waals surface area contributed by atoms with E-state index in [1.807, 2.05) is 22.1 Å². The summed E-state index contributed by atoms with van der Waals surface area (Å²) in [6.07, 6.45) is 6.92. The van der Waals surface area contributed by atoms with Crippen molar-refractivity contribution in [1.82, 2.24) is 24.8 Å². The molecule has 8 heteroatoms. The molecule has 2 atom stereocenters. The van der Waals surface area contributed by atoms with Crippen molar-refractivity contribution < 1.29 is 9.59 Å². The molecule has 7 nitrogen and oxygen atoms in total. The minimum atomic E-state index is -0.0978. The van der Waals surface area contributed by atoms with Gasteiger partial charge in [0.15, 0.2) is 0 Å². The fourth-order valence-corrected chi connectivity index (χ4v) is 4.48. The molecule has 3 fully saturated rings. The Labute approximate surface area is 156 Å². The van der Waals surface area contributed by atoms with Gasteiger partial charge in [-0.25, -0.2) is 9.97 Å². The Morgan fingerprint density at radius 1 is 1.23 bits per heavy atom. The lowest BCUT2D eigenvalue weighted by Crippen LogP contribution is -2.48. The molecule has 2 amide bonds. The summed E-state index contributed by atoms with van der Waals surface area (Å²) in [4.78, 5) is 41.9. The summed E-state index contributed by atoms with van der Waals surface area (Å²) in [5, 5.41) is 2.93. The van der Waals surface area contributed by atoms with Crippen molar-refractivity contribution in [2.24, 2.45) is 5.92 Å². The second-order valence-corrected chi connectivity index (χ2v) is 8.04. The SMILES string of the molecule is Cc1nc(CC(=O)N2C[C@H]3CC[C@@H]2CN(C(=O)c2cnccn2)C3)cs1.